The molecule has 8 nitrogen and oxygen atoms in total. The zero-order chi connectivity index (χ0) is 24.4. The second-order valence-corrected chi connectivity index (χ2v) is 12.4. The highest BCUT2D eigenvalue weighted by atomic mass is 32.2. The summed E-state index contributed by atoms with van der Waals surface area (Å²) in [5.41, 5.74) is 1.25. The molecule has 0 aromatic heterocycles. The van der Waals surface area contributed by atoms with Gasteiger partial charge >= 0.3 is 0 Å². The summed E-state index contributed by atoms with van der Waals surface area (Å²) in [7, 11) is -4.26. The van der Waals surface area contributed by atoms with Crippen LogP contribution in [0.5, 0.6) is 5.75 Å². The van der Waals surface area contributed by atoms with Crippen LogP contribution < -0.4 is 9.04 Å². The minimum atomic E-state index is -3.99. The first-order chi connectivity index (χ1) is 15.5. The number of carbonyl (C=O) groups excluding carboxylic acids is 1. The predicted molar refractivity (Wildman–Crippen MR) is 128 cm³/mol. The van der Waals surface area contributed by atoms with E-state index >= 15 is 0 Å². The van der Waals surface area contributed by atoms with E-state index in [1.165, 1.54) is 26.3 Å². The van der Waals surface area contributed by atoms with Crippen molar-refractivity contribution in [2.75, 3.05) is 36.5 Å². The zero-order valence-corrected chi connectivity index (χ0v) is 20.9. The van der Waals surface area contributed by atoms with E-state index in [0.717, 1.165) is 4.31 Å². The molecule has 0 aliphatic carbocycles. The number of hydrogen-bond acceptors (Lipinski definition) is 6. The van der Waals surface area contributed by atoms with Gasteiger partial charge in [0, 0.05) is 25.2 Å². The van der Waals surface area contributed by atoms with Crippen molar-refractivity contribution in [2.24, 2.45) is 0 Å². The third-order valence-corrected chi connectivity index (χ3v) is 9.41. The SMILES string of the molecule is CCCN(C(=O)c1cc(S(=O)(=O)N(C)c2ccccc2OC)ccc1C)[C@H]1CCS(=O)(=O)C1. The van der Waals surface area contributed by atoms with E-state index in [2.05, 4.69) is 0 Å². The smallest absolute Gasteiger partial charge is 0.264 e. The highest BCUT2D eigenvalue weighted by Gasteiger charge is 2.35. The van der Waals surface area contributed by atoms with Crippen LogP contribution in [0.25, 0.3) is 0 Å². The number of para-hydroxylation sites is 2. The van der Waals surface area contributed by atoms with Crippen LogP contribution in [-0.4, -0.2) is 65.9 Å². The number of methoxy groups -OCH3 is 1. The molecule has 0 radical (unpaired) electrons. The lowest BCUT2D eigenvalue weighted by molar-refractivity contribution is 0.0696. The summed E-state index contributed by atoms with van der Waals surface area (Å²) in [6, 6.07) is 10.8. The number of carbonyl (C=O) groups is 1. The lowest BCUT2D eigenvalue weighted by atomic mass is 10.1. The largest absolute Gasteiger partial charge is 0.495 e. The van der Waals surface area contributed by atoms with Crippen LogP contribution >= 0.6 is 0 Å². The van der Waals surface area contributed by atoms with Crippen LogP contribution in [0.4, 0.5) is 5.69 Å². The molecule has 0 spiro atoms. The van der Waals surface area contributed by atoms with Crippen molar-refractivity contribution in [3.8, 4) is 5.75 Å². The molecule has 2 aromatic carbocycles. The molecule has 1 saturated heterocycles. The number of hydrogen-bond donors (Lipinski definition) is 0. The van der Waals surface area contributed by atoms with Crippen LogP contribution in [0.15, 0.2) is 47.4 Å². The zero-order valence-electron chi connectivity index (χ0n) is 19.3. The number of rotatable bonds is 8. The van der Waals surface area contributed by atoms with Crippen LogP contribution in [-0.2, 0) is 19.9 Å². The second-order valence-electron chi connectivity index (χ2n) is 8.18. The van der Waals surface area contributed by atoms with Crippen molar-refractivity contribution in [1.29, 1.82) is 0 Å². The highest BCUT2D eigenvalue weighted by Crippen LogP contribution is 2.32. The number of ether oxygens (including phenoxy) is 1. The minimum Gasteiger partial charge on any atom is -0.495 e. The molecule has 1 aliphatic rings. The molecule has 0 bridgehead atoms. The van der Waals surface area contributed by atoms with E-state index in [0.29, 0.717) is 36.4 Å². The molecule has 0 saturated carbocycles. The van der Waals surface area contributed by atoms with E-state index in [9.17, 15) is 21.6 Å². The van der Waals surface area contributed by atoms with Crippen molar-refractivity contribution in [3.05, 3.63) is 53.6 Å². The van der Waals surface area contributed by atoms with Crippen molar-refractivity contribution in [2.45, 2.75) is 37.6 Å². The third kappa shape index (κ3) is 5.16. The Labute approximate surface area is 196 Å². The molecule has 2 aromatic rings. The van der Waals surface area contributed by atoms with Gasteiger partial charge in [0.15, 0.2) is 9.84 Å². The van der Waals surface area contributed by atoms with Crippen LogP contribution in [0.1, 0.15) is 35.7 Å². The van der Waals surface area contributed by atoms with Crippen LogP contribution in [0.3, 0.4) is 0 Å². The van der Waals surface area contributed by atoms with E-state index in [-0.39, 0.29) is 27.9 Å². The van der Waals surface area contributed by atoms with Gasteiger partial charge in [-0.15, -0.1) is 0 Å². The Bertz CT molecular complexity index is 1240. The Balaban J connectivity index is 1.99. The van der Waals surface area contributed by atoms with E-state index in [4.69, 9.17) is 4.74 Å². The summed E-state index contributed by atoms with van der Waals surface area (Å²) in [6.07, 6.45) is 1.05. The number of aryl methyl sites for hydroxylation is 1. The van der Waals surface area contributed by atoms with Crippen LogP contribution in [0, 0.1) is 6.92 Å². The quantitative estimate of drug-likeness (QED) is 0.559. The first-order valence-corrected chi connectivity index (χ1v) is 14.0. The van der Waals surface area contributed by atoms with Crippen molar-refractivity contribution in [1.82, 2.24) is 4.90 Å². The summed E-state index contributed by atoms with van der Waals surface area (Å²) in [5, 5.41) is 0. The van der Waals surface area contributed by atoms with Crippen molar-refractivity contribution in [3.63, 3.8) is 0 Å². The summed E-state index contributed by atoms with van der Waals surface area (Å²) >= 11 is 0. The number of nitrogens with zero attached hydrogens (tertiary/aromatic N) is 2. The Hall–Kier alpha value is -2.59. The van der Waals surface area contributed by atoms with Gasteiger partial charge in [-0.25, -0.2) is 16.8 Å². The van der Waals surface area contributed by atoms with Gasteiger partial charge in [0.25, 0.3) is 15.9 Å². The Morgan fingerprint density at radius 2 is 1.88 bits per heavy atom. The molecule has 180 valence electrons. The topological polar surface area (TPSA) is 101 Å². The normalized spacial score (nSPS) is 17.5. The molecule has 1 amide bonds. The maximum atomic E-state index is 13.5. The lowest BCUT2D eigenvalue weighted by Gasteiger charge is -2.29. The second kappa shape index (κ2) is 9.72. The molecular weight excluding hydrogens is 464 g/mol. The Morgan fingerprint density at radius 1 is 1.18 bits per heavy atom. The summed E-state index contributed by atoms with van der Waals surface area (Å²) in [6.45, 7) is 4.05. The van der Waals surface area contributed by atoms with Gasteiger partial charge in [0.05, 0.1) is 29.2 Å². The first kappa shape index (κ1) is 25.0. The number of anilines is 1. The standard InChI is InChI=1S/C23H30N2O6S2/c1-5-13-25(18-12-14-32(27,28)16-18)23(26)20-15-19(11-10-17(20)2)33(29,30)24(3)21-8-6-7-9-22(21)31-4/h6-11,15,18H,5,12-14,16H2,1-4H3/t18-/m0/s1. The molecule has 10 heteroatoms. The molecule has 33 heavy (non-hydrogen) atoms. The number of sulfone groups is 1. The number of benzene rings is 2. The Morgan fingerprint density at radius 3 is 2.48 bits per heavy atom. The van der Waals surface area contributed by atoms with E-state index < -0.39 is 25.9 Å². The molecule has 0 N–H and O–H groups in total. The maximum Gasteiger partial charge on any atom is 0.264 e. The molecule has 3 rings (SSSR count). The van der Waals surface area contributed by atoms with E-state index in [1.54, 1.807) is 42.2 Å². The van der Waals surface area contributed by atoms with Crippen molar-refractivity contribution >= 4 is 31.5 Å². The Kier molecular flexibility index (Phi) is 7.38. The monoisotopic (exact) mass is 494 g/mol. The first-order valence-electron chi connectivity index (χ1n) is 10.8. The van der Waals surface area contributed by atoms with Gasteiger partial charge in [-0.2, -0.15) is 0 Å². The third-order valence-electron chi connectivity index (χ3n) is 5.90. The molecule has 0 unspecified atom stereocenters. The fourth-order valence-corrected chi connectivity index (χ4v) is 7.00. The van der Waals surface area contributed by atoms with Gasteiger partial charge < -0.3 is 9.64 Å². The van der Waals surface area contributed by atoms with E-state index in [1.807, 2.05) is 6.92 Å². The summed E-state index contributed by atoms with van der Waals surface area (Å²) in [5.74, 6) is 0.0474. The van der Waals surface area contributed by atoms with Gasteiger partial charge in [-0.3, -0.25) is 9.10 Å². The lowest BCUT2D eigenvalue weighted by Crippen LogP contribution is -2.42. The minimum absolute atomic E-state index is 0.0275. The summed E-state index contributed by atoms with van der Waals surface area (Å²) in [4.78, 5) is 15.0. The molecular formula is C23H30N2O6S2. The molecule has 1 fully saturated rings. The average Bonchev–Trinajstić information content (AvgIpc) is 3.15. The maximum absolute atomic E-state index is 13.5. The molecule has 1 atom stereocenters. The molecule has 1 heterocycles. The molecule has 1 aliphatic heterocycles. The van der Waals surface area contributed by atoms with Gasteiger partial charge in [0.1, 0.15) is 5.75 Å². The van der Waals surface area contributed by atoms with Gasteiger partial charge in [-0.1, -0.05) is 25.1 Å². The number of amides is 1. The fraction of sp³-hybridized carbons (Fsp3) is 0.435. The van der Waals surface area contributed by atoms with Crippen molar-refractivity contribution < 1.29 is 26.4 Å². The van der Waals surface area contributed by atoms with Gasteiger partial charge in [0.2, 0.25) is 0 Å². The highest BCUT2D eigenvalue weighted by molar-refractivity contribution is 7.92. The van der Waals surface area contributed by atoms with Crippen LogP contribution in [0.2, 0.25) is 0 Å². The summed E-state index contributed by atoms with van der Waals surface area (Å²) < 4.78 is 57.2. The fourth-order valence-electron chi connectivity index (χ4n) is 4.04. The number of sulfonamides is 1. The predicted octanol–water partition coefficient (Wildman–Crippen LogP) is 2.87. The average molecular weight is 495 g/mol. The van der Waals surface area contributed by atoms with Gasteiger partial charge in [-0.05, 0) is 49.6 Å².